The summed E-state index contributed by atoms with van der Waals surface area (Å²) in [6.07, 6.45) is 6.06. The molecule has 2 rings (SSSR count). The van der Waals surface area contributed by atoms with Crippen molar-refractivity contribution in [1.82, 2.24) is 10.2 Å². The van der Waals surface area contributed by atoms with Crippen molar-refractivity contribution in [1.29, 1.82) is 0 Å². The number of nitrogens with zero attached hydrogens (tertiary/aromatic N) is 1. The van der Waals surface area contributed by atoms with Gasteiger partial charge in [-0.25, -0.2) is 0 Å². The minimum absolute atomic E-state index is 0.575. The summed E-state index contributed by atoms with van der Waals surface area (Å²) in [6, 6.07) is 12.1. The third-order valence-electron chi connectivity index (χ3n) is 4.29. The Labute approximate surface area is 130 Å². The lowest BCUT2D eigenvalue weighted by Gasteiger charge is -2.40. The van der Waals surface area contributed by atoms with Crippen LogP contribution in [-0.4, -0.2) is 36.6 Å². The quantitative estimate of drug-likeness (QED) is 0.803. The smallest absolute Gasteiger partial charge is 0.0236 e. The minimum atomic E-state index is 0.575. The number of allylic oxidation sites excluding steroid dienone is 1. The van der Waals surface area contributed by atoms with E-state index in [-0.39, 0.29) is 0 Å². The van der Waals surface area contributed by atoms with Gasteiger partial charge in [-0.2, -0.15) is 0 Å². The molecule has 0 amide bonds. The molecular formula is C19H30N2. The van der Waals surface area contributed by atoms with E-state index in [1.54, 1.807) is 0 Å². The van der Waals surface area contributed by atoms with E-state index >= 15 is 0 Å². The molecular weight excluding hydrogens is 256 g/mol. The highest BCUT2D eigenvalue weighted by atomic mass is 15.2. The van der Waals surface area contributed by atoms with Gasteiger partial charge in [0.15, 0.2) is 0 Å². The second-order valence-corrected chi connectivity index (χ2v) is 6.47. The Morgan fingerprint density at radius 2 is 2.05 bits per heavy atom. The van der Waals surface area contributed by atoms with E-state index in [1.807, 2.05) is 0 Å². The molecule has 21 heavy (non-hydrogen) atoms. The van der Waals surface area contributed by atoms with E-state index in [0.717, 1.165) is 26.1 Å². The Balaban J connectivity index is 1.95. The van der Waals surface area contributed by atoms with Gasteiger partial charge >= 0.3 is 0 Å². The third-order valence-corrected chi connectivity index (χ3v) is 4.29. The lowest BCUT2D eigenvalue weighted by Crippen LogP contribution is -2.57. The van der Waals surface area contributed by atoms with Gasteiger partial charge in [0.2, 0.25) is 0 Å². The van der Waals surface area contributed by atoms with Gasteiger partial charge < -0.3 is 5.32 Å². The van der Waals surface area contributed by atoms with Crippen LogP contribution in [-0.2, 0) is 6.42 Å². The van der Waals surface area contributed by atoms with Crippen molar-refractivity contribution in [2.45, 2.75) is 52.1 Å². The molecule has 0 bridgehead atoms. The first-order valence-electron chi connectivity index (χ1n) is 8.33. The lowest BCUT2D eigenvalue weighted by atomic mass is 9.99. The fourth-order valence-corrected chi connectivity index (χ4v) is 3.11. The van der Waals surface area contributed by atoms with E-state index in [1.165, 1.54) is 24.0 Å². The zero-order valence-corrected chi connectivity index (χ0v) is 13.8. The summed E-state index contributed by atoms with van der Waals surface area (Å²) < 4.78 is 0. The summed E-state index contributed by atoms with van der Waals surface area (Å²) in [4.78, 5) is 2.67. The predicted molar refractivity (Wildman–Crippen MR) is 91.6 cm³/mol. The first-order chi connectivity index (χ1) is 10.2. The maximum Gasteiger partial charge on any atom is 0.0236 e. The number of nitrogens with one attached hydrogen (secondary N) is 1. The molecule has 1 aliphatic heterocycles. The van der Waals surface area contributed by atoms with Crippen molar-refractivity contribution in [2.75, 3.05) is 19.6 Å². The van der Waals surface area contributed by atoms with E-state index in [0.29, 0.717) is 12.1 Å². The monoisotopic (exact) mass is 286 g/mol. The second kappa shape index (κ2) is 8.35. The molecule has 1 N–H and O–H groups in total. The SMILES string of the molecule is CCCC1CNC(Cc2ccccc2)CN1CC=C(C)C. The van der Waals surface area contributed by atoms with Crippen LogP contribution in [0.15, 0.2) is 42.0 Å². The Morgan fingerprint density at radius 3 is 2.71 bits per heavy atom. The van der Waals surface area contributed by atoms with Crippen molar-refractivity contribution in [3.63, 3.8) is 0 Å². The molecule has 1 aromatic rings. The zero-order valence-electron chi connectivity index (χ0n) is 13.8. The van der Waals surface area contributed by atoms with Crippen molar-refractivity contribution in [3.8, 4) is 0 Å². The van der Waals surface area contributed by atoms with Gasteiger partial charge in [0.25, 0.3) is 0 Å². The molecule has 0 saturated carbocycles. The molecule has 1 fully saturated rings. The zero-order chi connectivity index (χ0) is 15.1. The maximum atomic E-state index is 3.76. The van der Waals surface area contributed by atoms with E-state index in [2.05, 4.69) is 67.4 Å². The molecule has 1 aromatic carbocycles. The Morgan fingerprint density at radius 1 is 1.29 bits per heavy atom. The highest BCUT2D eigenvalue weighted by molar-refractivity contribution is 5.16. The van der Waals surface area contributed by atoms with Gasteiger partial charge in [0.1, 0.15) is 0 Å². The molecule has 1 aliphatic rings. The Kier molecular flexibility index (Phi) is 6.47. The summed E-state index contributed by atoms with van der Waals surface area (Å²) in [5.41, 5.74) is 2.86. The van der Waals surface area contributed by atoms with Gasteiger partial charge in [0, 0.05) is 31.7 Å². The highest BCUT2D eigenvalue weighted by Gasteiger charge is 2.26. The van der Waals surface area contributed by atoms with Crippen molar-refractivity contribution in [2.24, 2.45) is 0 Å². The molecule has 116 valence electrons. The average Bonchev–Trinajstić information content (AvgIpc) is 2.48. The van der Waals surface area contributed by atoms with Gasteiger partial charge in [-0.15, -0.1) is 0 Å². The van der Waals surface area contributed by atoms with E-state index in [4.69, 9.17) is 0 Å². The van der Waals surface area contributed by atoms with Crippen LogP contribution in [0.3, 0.4) is 0 Å². The summed E-state index contributed by atoms with van der Waals surface area (Å²) in [5.74, 6) is 0. The van der Waals surface area contributed by atoms with Crippen molar-refractivity contribution < 1.29 is 0 Å². The topological polar surface area (TPSA) is 15.3 Å². The molecule has 0 aromatic heterocycles. The first kappa shape index (κ1) is 16.3. The molecule has 2 heteroatoms. The second-order valence-electron chi connectivity index (χ2n) is 6.47. The van der Waals surface area contributed by atoms with Crippen LogP contribution in [0.5, 0.6) is 0 Å². The van der Waals surface area contributed by atoms with Crippen LogP contribution < -0.4 is 5.32 Å². The molecule has 0 radical (unpaired) electrons. The maximum absolute atomic E-state index is 3.76. The van der Waals surface area contributed by atoms with Crippen LogP contribution in [0, 0.1) is 0 Å². The van der Waals surface area contributed by atoms with Gasteiger partial charge in [-0.1, -0.05) is 55.3 Å². The molecule has 2 nitrogen and oxygen atoms in total. The van der Waals surface area contributed by atoms with Crippen LogP contribution in [0.1, 0.15) is 39.2 Å². The van der Waals surface area contributed by atoms with Crippen LogP contribution in [0.2, 0.25) is 0 Å². The Bertz CT molecular complexity index is 434. The fourth-order valence-electron chi connectivity index (χ4n) is 3.11. The number of hydrogen-bond acceptors (Lipinski definition) is 2. The normalized spacial score (nSPS) is 23.0. The summed E-state index contributed by atoms with van der Waals surface area (Å²) in [5, 5.41) is 3.76. The molecule has 1 saturated heterocycles. The van der Waals surface area contributed by atoms with Crippen LogP contribution in [0.25, 0.3) is 0 Å². The predicted octanol–water partition coefficient (Wildman–Crippen LogP) is 3.64. The average molecular weight is 286 g/mol. The number of rotatable bonds is 6. The molecule has 0 aliphatic carbocycles. The third kappa shape index (κ3) is 5.29. The van der Waals surface area contributed by atoms with Crippen molar-refractivity contribution in [3.05, 3.63) is 47.5 Å². The summed E-state index contributed by atoms with van der Waals surface area (Å²) in [6.45, 7) is 10.1. The van der Waals surface area contributed by atoms with Crippen LogP contribution >= 0.6 is 0 Å². The number of piperazine rings is 1. The number of benzene rings is 1. The largest absolute Gasteiger partial charge is 0.311 e. The molecule has 2 unspecified atom stereocenters. The van der Waals surface area contributed by atoms with E-state index < -0.39 is 0 Å². The van der Waals surface area contributed by atoms with Gasteiger partial charge in [-0.05, 0) is 32.3 Å². The molecule has 2 atom stereocenters. The standard InChI is InChI=1S/C19H30N2/c1-4-8-19-14-20-18(13-17-9-6-5-7-10-17)15-21(19)12-11-16(2)3/h5-7,9-11,18-20H,4,8,12-15H2,1-3H3. The first-order valence-corrected chi connectivity index (χ1v) is 8.33. The Hall–Kier alpha value is -1.12. The molecule has 0 spiro atoms. The highest BCUT2D eigenvalue weighted by Crippen LogP contribution is 2.15. The van der Waals surface area contributed by atoms with Gasteiger partial charge in [-0.3, -0.25) is 4.90 Å². The summed E-state index contributed by atoms with van der Waals surface area (Å²) in [7, 11) is 0. The summed E-state index contributed by atoms with van der Waals surface area (Å²) >= 11 is 0. The minimum Gasteiger partial charge on any atom is -0.311 e. The van der Waals surface area contributed by atoms with Crippen molar-refractivity contribution >= 4 is 0 Å². The fraction of sp³-hybridized carbons (Fsp3) is 0.579. The van der Waals surface area contributed by atoms with Crippen LogP contribution in [0.4, 0.5) is 0 Å². The van der Waals surface area contributed by atoms with E-state index in [9.17, 15) is 0 Å². The number of hydrogen-bond donors (Lipinski definition) is 1. The lowest BCUT2D eigenvalue weighted by molar-refractivity contribution is 0.136. The molecule has 1 heterocycles. The van der Waals surface area contributed by atoms with Gasteiger partial charge in [0.05, 0.1) is 0 Å².